The van der Waals surface area contributed by atoms with Gasteiger partial charge in [-0.25, -0.2) is 0 Å². The van der Waals surface area contributed by atoms with Gasteiger partial charge in [0.2, 0.25) is 11.8 Å². The van der Waals surface area contributed by atoms with Gasteiger partial charge in [-0.05, 0) is 6.42 Å². The second kappa shape index (κ2) is 5.11. The van der Waals surface area contributed by atoms with E-state index in [0.717, 1.165) is 25.0 Å². The van der Waals surface area contributed by atoms with Crippen molar-refractivity contribution >= 4 is 10.1 Å². The lowest BCUT2D eigenvalue weighted by molar-refractivity contribution is 0.203. The summed E-state index contributed by atoms with van der Waals surface area (Å²) < 4.78 is 27.8. The molecule has 0 saturated heterocycles. The zero-order valence-electron chi connectivity index (χ0n) is 8.96. The fourth-order valence-electron chi connectivity index (χ4n) is 1.16. The largest absolute Gasteiger partial charge is 0.492 e. The molecule has 0 aliphatic carbocycles. The molecule has 1 heterocycles. The number of hydrogen-bond acceptors (Lipinski definition) is 5. The summed E-state index contributed by atoms with van der Waals surface area (Å²) in [6.07, 6.45) is 2.17. The summed E-state index contributed by atoms with van der Waals surface area (Å²) in [5, 5.41) is 18.4. The van der Waals surface area contributed by atoms with Crippen LogP contribution in [0.5, 0.6) is 11.8 Å². The Morgan fingerprint density at radius 3 is 2.31 bits per heavy atom. The summed E-state index contributed by atoms with van der Waals surface area (Å²) in [6.45, 7) is 1.96. The van der Waals surface area contributed by atoms with Crippen LogP contribution < -0.4 is 4.28 Å². The molecule has 1 rings (SSSR count). The minimum atomic E-state index is -3.78. The predicted molar refractivity (Wildman–Crippen MR) is 57.7 cm³/mol. The number of rotatable bonds is 6. The third kappa shape index (κ3) is 3.34. The molecule has 0 radical (unpaired) electrons. The summed E-state index contributed by atoms with van der Waals surface area (Å²) in [6, 6.07) is 2.27. The summed E-state index contributed by atoms with van der Waals surface area (Å²) in [7, 11) is -3.78. The van der Waals surface area contributed by atoms with Gasteiger partial charge in [-0.15, -0.1) is 0 Å². The Hall–Kier alpha value is -1.37. The quantitative estimate of drug-likeness (QED) is 0.729. The van der Waals surface area contributed by atoms with Crippen LogP contribution in [0.2, 0.25) is 0 Å². The van der Waals surface area contributed by atoms with Gasteiger partial charge in [0.05, 0.1) is 5.75 Å². The summed E-state index contributed by atoms with van der Waals surface area (Å²) in [5.74, 6) is -1.06. The average Bonchev–Trinajstić information content (AvgIpc) is 2.49. The van der Waals surface area contributed by atoms with Crippen molar-refractivity contribution in [3.63, 3.8) is 0 Å². The van der Waals surface area contributed by atoms with Crippen LogP contribution in [0.25, 0.3) is 0 Å². The molecule has 0 bridgehead atoms. The molecule has 2 N–H and O–H groups in total. The molecule has 7 heteroatoms. The predicted octanol–water partition coefficient (Wildman–Crippen LogP) is 0.848. The first kappa shape index (κ1) is 12.7. The maximum Gasteiger partial charge on any atom is 0.327 e. The van der Waals surface area contributed by atoms with Gasteiger partial charge >= 0.3 is 10.1 Å². The molecule has 0 aliphatic rings. The number of hydrogen-bond donors (Lipinski definition) is 2. The minimum Gasteiger partial charge on any atom is -0.492 e. The van der Waals surface area contributed by atoms with Gasteiger partial charge in [-0.1, -0.05) is 24.5 Å². The van der Waals surface area contributed by atoms with E-state index >= 15 is 0 Å². The van der Waals surface area contributed by atoms with Gasteiger partial charge in [-0.3, -0.25) is 4.28 Å². The van der Waals surface area contributed by atoms with Crippen molar-refractivity contribution in [3.8, 4) is 11.8 Å². The molecule has 0 atom stereocenters. The molecule has 0 fully saturated rings. The van der Waals surface area contributed by atoms with E-state index in [9.17, 15) is 18.6 Å². The van der Waals surface area contributed by atoms with Crippen LogP contribution in [0.3, 0.4) is 0 Å². The normalized spacial score (nSPS) is 11.6. The van der Waals surface area contributed by atoms with E-state index in [1.807, 2.05) is 6.92 Å². The first-order valence-electron chi connectivity index (χ1n) is 4.98. The van der Waals surface area contributed by atoms with Crippen LogP contribution >= 0.6 is 0 Å². The molecule has 0 saturated carbocycles. The second-order valence-corrected chi connectivity index (χ2v) is 5.06. The van der Waals surface area contributed by atoms with Crippen molar-refractivity contribution in [3.05, 3.63) is 12.1 Å². The minimum absolute atomic E-state index is 0.141. The van der Waals surface area contributed by atoms with Crippen molar-refractivity contribution in [1.29, 1.82) is 0 Å². The van der Waals surface area contributed by atoms with Gasteiger partial charge in [0, 0.05) is 12.1 Å². The maximum absolute atomic E-state index is 11.4. The summed E-state index contributed by atoms with van der Waals surface area (Å²) in [5.41, 5.74) is 0. The van der Waals surface area contributed by atoms with Gasteiger partial charge in [0.15, 0.2) is 0 Å². The fourth-order valence-corrected chi connectivity index (χ4v) is 2.17. The molecule has 16 heavy (non-hydrogen) atoms. The Kier molecular flexibility index (Phi) is 4.05. The molecule has 0 unspecified atom stereocenters. The Morgan fingerprint density at radius 2 is 1.81 bits per heavy atom. The Labute approximate surface area is 94.2 Å². The van der Waals surface area contributed by atoms with Gasteiger partial charge in [0.25, 0.3) is 0 Å². The molecule has 1 aromatic rings. The van der Waals surface area contributed by atoms with E-state index in [-0.39, 0.29) is 5.75 Å². The molecule has 0 aliphatic heterocycles. The first-order chi connectivity index (χ1) is 7.46. The molecule has 0 spiro atoms. The summed E-state index contributed by atoms with van der Waals surface area (Å²) >= 11 is 0. The van der Waals surface area contributed by atoms with Crippen LogP contribution in [0.15, 0.2) is 12.1 Å². The standard InChI is InChI=1S/C9H15NO5S/c1-2-3-4-7-16(13,14)15-10-8(11)5-6-9(10)12/h5-6,11-12H,2-4,7H2,1H3. The smallest absolute Gasteiger partial charge is 0.327 e. The van der Waals surface area contributed by atoms with Crippen molar-refractivity contribution in [2.45, 2.75) is 26.2 Å². The molecular formula is C9H15NO5S. The lowest BCUT2D eigenvalue weighted by Crippen LogP contribution is -2.22. The Morgan fingerprint density at radius 1 is 1.25 bits per heavy atom. The van der Waals surface area contributed by atoms with Gasteiger partial charge in [-0.2, -0.15) is 8.42 Å². The molecule has 0 amide bonds. The monoisotopic (exact) mass is 249 g/mol. The van der Waals surface area contributed by atoms with E-state index in [1.54, 1.807) is 0 Å². The number of aromatic nitrogens is 1. The summed E-state index contributed by atoms with van der Waals surface area (Å²) in [4.78, 5) is 0. The highest BCUT2D eigenvalue weighted by Crippen LogP contribution is 2.19. The molecule has 6 nitrogen and oxygen atoms in total. The number of nitrogens with zero attached hydrogens (tertiary/aromatic N) is 1. The lowest BCUT2D eigenvalue weighted by atomic mass is 10.3. The average molecular weight is 249 g/mol. The van der Waals surface area contributed by atoms with Crippen molar-refractivity contribution < 1.29 is 22.9 Å². The highest BCUT2D eigenvalue weighted by molar-refractivity contribution is 7.86. The van der Waals surface area contributed by atoms with Crippen LogP contribution in [0.4, 0.5) is 0 Å². The van der Waals surface area contributed by atoms with Crippen LogP contribution in [-0.4, -0.2) is 29.1 Å². The van der Waals surface area contributed by atoms with Gasteiger partial charge < -0.3 is 10.2 Å². The second-order valence-electron chi connectivity index (χ2n) is 3.39. The van der Waals surface area contributed by atoms with Crippen LogP contribution in [0.1, 0.15) is 26.2 Å². The SMILES string of the molecule is CCCCCS(=O)(=O)On1c(O)ccc1O. The Balaban J connectivity index is 2.66. The first-order valence-corrected chi connectivity index (χ1v) is 6.56. The fraction of sp³-hybridized carbons (Fsp3) is 0.556. The van der Waals surface area contributed by atoms with Crippen LogP contribution in [-0.2, 0) is 10.1 Å². The van der Waals surface area contributed by atoms with E-state index in [2.05, 4.69) is 4.28 Å². The maximum atomic E-state index is 11.4. The lowest BCUT2D eigenvalue weighted by Gasteiger charge is -2.08. The number of unbranched alkanes of at least 4 members (excludes halogenated alkanes) is 2. The third-order valence-corrected chi connectivity index (χ3v) is 3.15. The number of aromatic hydroxyl groups is 2. The Bertz CT molecular complexity index is 417. The van der Waals surface area contributed by atoms with E-state index in [0.29, 0.717) is 11.2 Å². The van der Waals surface area contributed by atoms with Gasteiger partial charge in [0.1, 0.15) is 0 Å². The zero-order valence-corrected chi connectivity index (χ0v) is 9.77. The van der Waals surface area contributed by atoms with Crippen molar-refractivity contribution in [2.24, 2.45) is 0 Å². The molecular weight excluding hydrogens is 234 g/mol. The van der Waals surface area contributed by atoms with E-state index < -0.39 is 21.9 Å². The highest BCUT2D eigenvalue weighted by atomic mass is 32.2. The van der Waals surface area contributed by atoms with Crippen molar-refractivity contribution in [2.75, 3.05) is 5.75 Å². The third-order valence-electron chi connectivity index (χ3n) is 1.98. The molecule has 1 aromatic heterocycles. The molecule has 0 aromatic carbocycles. The topological polar surface area (TPSA) is 88.8 Å². The van der Waals surface area contributed by atoms with E-state index in [4.69, 9.17) is 0 Å². The van der Waals surface area contributed by atoms with E-state index in [1.165, 1.54) is 0 Å². The molecule has 92 valence electrons. The zero-order chi connectivity index (χ0) is 12.2. The highest BCUT2D eigenvalue weighted by Gasteiger charge is 2.17. The van der Waals surface area contributed by atoms with Crippen LogP contribution in [0, 0.1) is 0 Å². The van der Waals surface area contributed by atoms with Crippen molar-refractivity contribution in [1.82, 2.24) is 4.73 Å².